The number of carbonyl (C=O) groups excluding carboxylic acids is 2. The monoisotopic (exact) mass is 353 g/mol. The van der Waals surface area contributed by atoms with Crippen LogP contribution in [-0.2, 0) is 4.74 Å². The van der Waals surface area contributed by atoms with Gasteiger partial charge in [-0.2, -0.15) is 0 Å². The number of imide groups is 1. The van der Waals surface area contributed by atoms with Gasteiger partial charge >= 0.3 is 0 Å². The van der Waals surface area contributed by atoms with Gasteiger partial charge in [-0.15, -0.1) is 0 Å². The summed E-state index contributed by atoms with van der Waals surface area (Å²) in [5, 5.41) is 0. The standard InChI is InChI=1S/C20H19NO5/c1-24-17-6-2-3-7-18(17)26-13-8-9-15-16(11-13)20(23)21(19(15)22)12-14-5-4-10-25-14/h2-3,6-9,11,14H,4-5,10,12H2,1H3. The Hall–Kier alpha value is -2.86. The molecule has 2 aliphatic rings. The van der Waals surface area contributed by atoms with Gasteiger partial charge in [0.1, 0.15) is 5.75 Å². The molecule has 2 heterocycles. The van der Waals surface area contributed by atoms with Crippen molar-refractivity contribution in [1.82, 2.24) is 4.90 Å². The summed E-state index contributed by atoms with van der Waals surface area (Å²) in [7, 11) is 1.57. The molecule has 2 amide bonds. The topological polar surface area (TPSA) is 65.1 Å². The molecule has 26 heavy (non-hydrogen) atoms. The predicted molar refractivity (Wildman–Crippen MR) is 93.9 cm³/mol. The summed E-state index contributed by atoms with van der Waals surface area (Å²) in [4.78, 5) is 26.5. The average molecular weight is 353 g/mol. The number of methoxy groups -OCH3 is 1. The minimum absolute atomic E-state index is 0.0680. The van der Waals surface area contributed by atoms with E-state index in [1.54, 1.807) is 37.4 Å². The Morgan fingerprint density at radius 3 is 2.58 bits per heavy atom. The first-order chi connectivity index (χ1) is 12.7. The maximum absolute atomic E-state index is 12.7. The number of amides is 2. The molecule has 0 radical (unpaired) electrons. The molecule has 1 fully saturated rings. The number of hydrogen-bond acceptors (Lipinski definition) is 5. The molecule has 0 spiro atoms. The number of benzene rings is 2. The third-order valence-corrected chi connectivity index (χ3v) is 4.65. The molecule has 0 saturated carbocycles. The summed E-state index contributed by atoms with van der Waals surface area (Å²) >= 11 is 0. The zero-order valence-electron chi connectivity index (χ0n) is 14.4. The van der Waals surface area contributed by atoms with Crippen LogP contribution in [0.5, 0.6) is 17.2 Å². The smallest absolute Gasteiger partial charge is 0.261 e. The van der Waals surface area contributed by atoms with Crippen molar-refractivity contribution in [1.29, 1.82) is 0 Å². The molecule has 134 valence electrons. The van der Waals surface area contributed by atoms with Crippen LogP contribution in [0.1, 0.15) is 33.6 Å². The molecular formula is C20H19NO5. The highest BCUT2D eigenvalue weighted by Gasteiger charge is 2.37. The SMILES string of the molecule is COc1ccccc1Oc1ccc2c(c1)C(=O)N(CC1CCCO1)C2=O. The third-order valence-electron chi connectivity index (χ3n) is 4.65. The first-order valence-electron chi connectivity index (χ1n) is 8.60. The lowest BCUT2D eigenvalue weighted by Crippen LogP contribution is -2.36. The van der Waals surface area contributed by atoms with E-state index in [4.69, 9.17) is 14.2 Å². The molecular weight excluding hydrogens is 334 g/mol. The molecule has 1 unspecified atom stereocenters. The number of hydrogen-bond donors (Lipinski definition) is 0. The fourth-order valence-electron chi connectivity index (χ4n) is 3.32. The second-order valence-electron chi connectivity index (χ2n) is 6.32. The van der Waals surface area contributed by atoms with Crippen LogP contribution in [-0.4, -0.2) is 43.1 Å². The summed E-state index contributed by atoms with van der Waals surface area (Å²) in [5.41, 5.74) is 0.765. The number of ether oxygens (including phenoxy) is 3. The van der Waals surface area contributed by atoms with E-state index in [-0.39, 0.29) is 17.9 Å². The van der Waals surface area contributed by atoms with Crippen molar-refractivity contribution in [2.45, 2.75) is 18.9 Å². The molecule has 6 heteroatoms. The average Bonchev–Trinajstić information content (AvgIpc) is 3.25. The van der Waals surface area contributed by atoms with Crippen molar-refractivity contribution >= 4 is 11.8 Å². The van der Waals surface area contributed by atoms with Crippen molar-refractivity contribution in [2.24, 2.45) is 0 Å². The first-order valence-corrected chi connectivity index (χ1v) is 8.60. The summed E-state index contributed by atoms with van der Waals surface area (Å²) in [6.45, 7) is 0.986. The summed E-state index contributed by atoms with van der Waals surface area (Å²) in [5.74, 6) is 1.04. The summed E-state index contributed by atoms with van der Waals surface area (Å²) in [6, 6.07) is 12.2. The molecule has 0 aromatic heterocycles. The van der Waals surface area contributed by atoms with Crippen molar-refractivity contribution in [3.05, 3.63) is 53.6 Å². The van der Waals surface area contributed by atoms with Crippen LogP contribution in [0.15, 0.2) is 42.5 Å². The highest BCUT2D eigenvalue weighted by molar-refractivity contribution is 6.21. The van der Waals surface area contributed by atoms with E-state index >= 15 is 0 Å². The van der Waals surface area contributed by atoms with Gasteiger partial charge in [0.15, 0.2) is 11.5 Å². The highest BCUT2D eigenvalue weighted by atomic mass is 16.5. The third kappa shape index (κ3) is 2.93. The van der Waals surface area contributed by atoms with Crippen LogP contribution in [0, 0.1) is 0 Å². The number of para-hydroxylation sites is 2. The normalized spacial score (nSPS) is 19.0. The van der Waals surface area contributed by atoms with Crippen LogP contribution in [0.4, 0.5) is 0 Å². The van der Waals surface area contributed by atoms with E-state index in [9.17, 15) is 9.59 Å². The van der Waals surface area contributed by atoms with Gasteiger partial charge in [-0.25, -0.2) is 0 Å². The molecule has 6 nitrogen and oxygen atoms in total. The van der Waals surface area contributed by atoms with Gasteiger partial charge in [-0.05, 0) is 43.2 Å². The van der Waals surface area contributed by atoms with Gasteiger partial charge < -0.3 is 14.2 Å². The maximum Gasteiger partial charge on any atom is 0.261 e. The number of nitrogens with zero attached hydrogens (tertiary/aromatic N) is 1. The van der Waals surface area contributed by atoms with Crippen molar-refractivity contribution < 1.29 is 23.8 Å². The lowest BCUT2D eigenvalue weighted by molar-refractivity contribution is 0.0475. The Balaban J connectivity index is 1.57. The minimum Gasteiger partial charge on any atom is -0.493 e. The predicted octanol–water partition coefficient (Wildman–Crippen LogP) is 3.26. The fourth-order valence-corrected chi connectivity index (χ4v) is 3.32. The van der Waals surface area contributed by atoms with Gasteiger partial charge in [0.2, 0.25) is 0 Å². The lowest BCUT2D eigenvalue weighted by Gasteiger charge is -2.17. The fraction of sp³-hybridized carbons (Fsp3) is 0.300. The van der Waals surface area contributed by atoms with Gasteiger partial charge in [0.05, 0.1) is 30.9 Å². The van der Waals surface area contributed by atoms with E-state index in [0.717, 1.165) is 12.8 Å². The Morgan fingerprint density at radius 2 is 1.85 bits per heavy atom. The maximum atomic E-state index is 12.7. The molecule has 2 aromatic rings. The molecule has 0 N–H and O–H groups in total. The van der Waals surface area contributed by atoms with E-state index in [1.807, 2.05) is 12.1 Å². The van der Waals surface area contributed by atoms with E-state index < -0.39 is 0 Å². The minimum atomic E-state index is -0.300. The highest BCUT2D eigenvalue weighted by Crippen LogP contribution is 2.34. The Labute approximate surface area is 151 Å². The van der Waals surface area contributed by atoms with Crippen LogP contribution < -0.4 is 9.47 Å². The molecule has 1 saturated heterocycles. The van der Waals surface area contributed by atoms with Gasteiger partial charge in [-0.1, -0.05) is 12.1 Å². The second-order valence-corrected chi connectivity index (χ2v) is 6.32. The van der Waals surface area contributed by atoms with E-state index in [1.165, 1.54) is 4.90 Å². The molecule has 0 aliphatic carbocycles. The van der Waals surface area contributed by atoms with Gasteiger partial charge in [0, 0.05) is 6.61 Å². The molecule has 0 bridgehead atoms. The zero-order valence-corrected chi connectivity index (χ0v) is 14.4. The Kier molecular flexibility index (Phi) is 4.34. The van der Waals surface area contributed by atoms with E-state index in [2.05, 4.69) is 0 Å². The van der Waals surface area contributed by atoms with Crippen molar-refractivity contribution in [3.63, 3.8) is 0 Å². The number of rotatable bonds is 5. The second kappa shape index (κ2) is 6.80. The van der Waals surface area contributed by atoms with Gasteiger partial charge in [-0.3, -0.25) is 14.5 Å². The van der Waals surface area contributed by atoms with Crippen molar-refractivity contribution in [3.8, 4) is 17.2 Å². The summed E-state index contributed by atoms with van der Waals surface area (Å²) in [6.07, 6.45) is 1.77. The Morgan fingerprint density at radius 1 is 1.08 bits per heavy atom. The van der Waals surface area contributed by atoms with Crippen LogP contribution >= 0.6 is 0 Å². The molecule has 4 rings (SSSR count). The number of carbonyl (C=O) groups is 2. The molecule has 2 aliphatic heterocycles. The summed E-state index contributed by atoms with van der Waals surface area (Å²) < 4.78 is 16.7. The quantitative estimate of drug-likeness (QED) is 0.772. The molecule has 2 aromatic carbocycles. The van der Waals surface area contributed by atoms with Crippen LogP contribution in [0.2, 0.25) is 0 Å². The first kappa shape index (κ1) is 16.6. The largest absolute Gasteiger partial charge is 0.493 e. The van der Waals surface area contributed by atoms with Crippen LogP contribution in [0.3, 0.4) is 0 Å². The molecule has 1 atom stereocenters. The van der Waals surface area contributed by atoms with Crippen LogP contribution in [0.25, 0.3) is 0 Å². The number of fused-ring (bicyclic) bond motifs is 1. The van der Waals surface area contributed by atoms with Crippen molar-refractivity contribution in [2.75, 3.05) is 20.3 Å². The Bertz CT molecular complexity index is 857. The lowest BCUT2D eigenvalue weighted by atomic mass is 10.1. The van der Waals surface area contributed by atoms with E-state index in [0.29, 0.717) is 41.5 Å². The zero-order chi connectivity index (χ0) is 18.1. The van der Waals surface area contributed by atoms with Gasteiger partial charge in [0.25, 0.3) is 11.8 Å².